The Morgan fingerprint density at radius 1 is 0.423 bits per heavy atom. The second kappa shape index (κ2) is 10.5. The van der Waals surface area contributed by atoms with Crippen molar-refractivity contribution < 1.29 is 25.9 Å². The molecule has 0 atom stereocenters. The van der Waals surface area contributed by atoms with Crippen molar-refractivity contribution in [3.63, 3.8) is 0 Å². The second-order valence-corrected chi connectivity index (χ2v) is 7.57. The fraction of sp³-hybridized carbons (Fsp3) is 0. The molecule has 0 saturated carbocycles. The van der Waals surface area contributed by atoms with Gasteiger partial charge in [-0.25, -0.2) is 0 Å². The predicted octanol–water partition coefficient (Wildman–Crippen LogP) is 3.55. The minimum absolute atomic E-state index is 0.0741. The molecule has 0 saturated heterocycles. The van der Waals surface area contributed by atoms with Crippen molar-refractivity contribution in [1.82, 2.24) is 0 Å². The van der Waals surface area contributed by atoms with E-state index in [0.717, 1.165) is 0 Å². The van der Waals surface area contributed by atoms with Crippen molar-refractivity contribution >= 4 is 20.2 Å². The van der Waals surface area contributed by atoms with Crippen LogP contribution in [0.15, 0.2) is 107 Å². The summed E-state index contributed by atoms with van der Waals surface area (Å²) in [5.41, 5.74) is 0. The molecule has 26 heavy (non-hydrogen) atoms. The van der Waals surface area contributed by atoms with E-state index in [0.29, 0.717) is 0 Å². The highest BCUT2D eigenvalue weighted by atomic mass is 32.2. The van der Waals surface area contributed by atoms with Crippen molar-refractivity contribution in [2.24, 2.45) is 0 Å². The van der Waals surface area contributed by atoms with Gasteiger partial charge in [-0.2, -0.15) is 16.8 Å². The van der Waals surface area contributed by atoms with Crippen LogP contribution < -0.4 is 0 Å². The lowest BCUT2D eigenvalue weighted by Crippen LogP contribution is -1.96. The predicted molar refractivity (Wildman–Crippen MR) is 99.0 cm³/mol. The highest BCUT2D eigenvalue weighted by Crippen LogP contribution is 2.05. The van der Waals surface area contributed by atoms with Gasteiger partial charge in [-0.3, -0.25) is 9.11 Å². The molecule has 3 aromatic carbocycles. The maximum absolute atomic E-state index is 10.4. The topological polar surface area (TPSA) is 109 Å². The fourth-order valence-corrected chi connectivity index (χ4v) is 2.57. The Bertz CT molecular complexity index is 862. The molecule has 6 nitrogen and oxygen atoms in total. The molecule has 0 bridgehead atoms. The van der Waals surface area contributed by atoms with Crippen LogP contribution in [-0.4, -0.2) is 25.9 Å². The molecule has 0 fully saturated rings. The number of benzene rings is 3. The molecule has 0 heterocycles. The normalized spacial score (nSPS) is 10.5. The van der Waals surface area contributed by atoms with E-state index >= 15 is 0 Å². The third-order valence-corrected chi connectivity index (χ3v) is 4.48. The van der Waals surface area contributed by atoms with Gasteiger partial charge in [-0.05, 0) is 24.3 Å². The smallest absolute Gasteiger partial charge is 0.282 e. The highest BCUT2D eigenvalue weighted by molar-refractivity contribution is 7.86. The van der Waals surface area contributed by atoms with E-state index < -0.39 is 20.2 Å². The first-order valence-electron chi connectivity index (χ1n) is 7.26. The first-order valence-corrected chi connectivity index (χ1v) is 10.1. The van der Waals surface area contributed by atoms with Crippen molar-refractivity contribution in [2.75, 3.05) is 0 Å². The zero-order valence-corrected chi connectivity index (χ0v) is 15.2. The standard InChI is InChI=1S/2C6H6O3S.C6H6/c2*7-10(8,9)6-4-2-1-3-5-6;1-2-4-6-5-3-1/h2*1-5H,(H,7,8,9);1-6H. The summed E-state index contributed by atoms with van der Waals surface area (Å²) in [5, 5.41) is 0. The molecule has 8 heteroatoms. The van der Waals surface area contributed by atoms with Crippen LogP contribution in [0.25, 0.3) is 0 Å². The van der Waals surface area contributed by atoms with Crippen LogP contribution in [0.4, 0.5) is 0 Å². The Morgan fingerprint density at radius 2 is 0.615 bits per heavy atom. The van der Waals surface area contributed by atoms with Gasteiger partial charge < -0.3 is 0 Å². The van der Waals surface area contributed by atoms with Gasteiger partial charge in [0.1, 0.15) is 0 Å². The van der Waals surface area contributed by atoms with Gasteiger partial charge >= 0.3 is 0 Å². The lowest BCUT2D eigenvalue weighted by atomic mass is 10.4. The summed E-state index contributed by atoms with van der Waals surface area (Å²) in [7, 11) is -8.01. The van der Waals surface area contributed by atoms with Crippen molar-refractivity contribution in [3.8, 4) is 0 Å². The van der Waals surface area contributed by atoms with E-state index in [4.69, 9.17) is 9.11 Å². The first-order chi connectivity index (χ1) is 12.2. The molecule has 0 aliphatic carbocycles. The Morgan fingerprint density at radius 3 is 0.769 bits per heavy atom. The van der Waals surface area contributed by atoms with Crippen molar-refractivity contribution in [2.45, 2.75) is 9.79 Å². The fourth-order valence-electron chi connectivity index (χ4n) is 1.57. The van der Waals surface area contributed by atoms with E-state index in [-0.39, 0.29) is 9.79 Å². The van der Waals surface area contributed by atoms with Gasteiger partial charge in [0.2, 0.25) is 0 Å². The monoisotopic (exact) mass is 394 g/mol. The van der Waals surface area contributed by atoms with Gasteiger partial charge in [0.15, 0.2) is 0 Å². The molecule has 2 N–H and O–H groups in total. The number of hydrogen-bond donors (Lipinski definition) is 2. The lowest BCUT2D eigenvalue weighted by Gasteiger charge is -1.92. The van der Waals surface area contributed by atoms with Gasteiger partial charge in [-0.15, -0.1) is 0 Å². The van der Waals surface area contributed by atoms with Gasteiger partial charge in [0.25, 0.3) is 20.2 Å². The van der Waals surface area contributed by atoms with Crippen LogP contribution in [0.5, 0.6) is 0 Å². The third kappa shape index (κ3) is 9.09. The van der Waals surface area contributed by atoms with Crippen LogP contribution >= 0.6 is 0 Å². The third-order valence-electron chi connectivity index (χ3n) is 2.75. The summed E-state index contributed by atoms with van der Waals surface area (Å²) in [5.74, 6) is 0. The summed E-state index contributed by atoms with van der Waals surface area (Å²) in [6.45, 7) is 0. The summed E-state index contributed by atoms with van der Waals surface area (Å²) in [6, 6.07) is 26.8. The SMILES string of the molecule is O=S(=O)(O)c1ccccc1.O=S(=O)(O)c1ccccc1.c1ccccc1. The van der Waals surface area contributed by atoms with Crippen LogP contribution in [0.3, 0.4) is 0 Å². The van der Waals surface area contributed by atoms with E-state index in [1.54, 1.807) is 36.4 Å². The molecule has 0 aliphatic rings. The van der Waals surface area contributed by atoms with Gasteiger partial charge in [0, 0.05) is 0 Å². The van der Waals surface area contributed by atoms with E-state index in [1.807, 2.05) is 36.4 Å². The van der Waals surface area contributed by atoms with Crippen LogP contribution in [0.1, 0.15) is 0 Å². The molecule has 0 aromatic heterocycles. The molecule has 0 aliphatic heterocycles. The number of rotatable bonds is 2. The Kier molecular flexibility index (Phi) is 8.66. The second-order valence-electron chi connectivity index (χ2n) is 4.73. The molecule has 138 valence electrons. The largest absolute Gasteiger partial charge is 0.294 e. The van der Waals surface area contributed by atoms with Crippen molar-refractivity contribution in [3.05, 3.63) is 97.1 Å². The molecule has 3 aromatic rings. The van der Waals surface area contributed by atoms with E-state index in [1.165, 1.54) is 24.3 Å². The Balaban J connectivity index is 0.000000201. The zero-order chi connectivity index (χ0) is 19.5. The Labute approximate surface area is 153 Å². The maximum atomic E-state index is 10.4. The number of hydrogen-bond acceptors (Lipinski definition) is 4. The lowest BCUT2D eigenvalue weighted by molar-refractivity contribution is 0.481. The average Bonchev–Trinajstić information content (AvgIpc) is 2.64. The van der Waals surface area contributed by atoms with E-state index in [2.05, 4.69) is 0 Å². The summed E-state index contributed by atoms with van der Waals surface area (Å²) >= 11 is 0. The summed E-state index contributed by atoms with van der Waals surface area (Å²) in [6.07, 6.45) is 0. The quantitative estimate of drug-likeness (QED) is 0.644. The van der Waals surface area contributed by atoms with Crippen molar-refractivity contribution in [1.29, 1.82) is 0 Å². The summed E-state index contributed by atoms with van der Waals surface area (Å²) in [4.78, 5) is -0.148. The molecule has 0 unspecified atom stereocenters. The highest BCUT2D eigenvalue weighted by Gasteiger charge is 2.06. The minimum Gasteiger partial charge on any atom is -0.282 e. The molecule has 3 rings (SSSR count). The van der Waals surface area contributed by atoms with Crippen LogP contribution in [0, 0.1) is 0 Å². The minimum atomic E-state index is -4.00. The average molecular weight is 394 g/mol. The van der Waals surface area contributed by atoms with Crippen LogP contribution in [-0.2, 0) is 20.2 Å². The van der Waals surface area contributed by atoms with E-state index in [9.17, 15) is 16.8 Å². The first kappa shape index (κ1) is 21.5. The van der Waals surface area contributed by atoms with Gasteiger partial charge in [-0.1, -0.05) is 72.8 Å². The zero-order valence-electron chi connectivity index (χ0n) is 13.6. The Hall–Kier alpha value is -2.52. The summed E-state index contributed by atoms with van der Waals surface area (Å²) < 4.78 is 58.5. The molecule has 0 radical (unpaired) electrons. The maximum Gasteiger partial charge on any atom is 0.294 e. The molecule has 0 spiro atoms. The van der Waals surface area contributed by atoms with Gasteiger partial charge in [0.05, 0.1) is 9.79 Å². The van der Waals surface area contributed by atoms with Crippen LogP contribution in [0.2, 0.25) is 0 Å². The molecular formula is C18H18O6S2. The molecule has 0 amide bonds. The molecular weight excluding hydrogens is 376 g/mol.